The number of carbonyl (C=O) groups is 1. The van der Waals surface area contributed by atoms with Gasteiger partial charge in [-0.15, -0.1) is 22.7 Å². The second-order valence-electron chi connectivity index (χ2n) is 7.90. The Kier molecular flexibility index (Phi) is 6.10. The normalized spacial score (nSPS) is 16.8. The number of likely N-dealkylation sites (tertiary alicyclic amines) is 1. The number of amides is 1. The molecule has 1 N–H and O–H groups in total. The van der Waals surface area contributed by atoms with Crippen LogP contribution in [-0.2, 0) is 0 Å². The summed E-state index contributed by atoms with van der Waals surface area (Å²) < 4.78 is 0. The number of hydrogen-bond acceptors (Lipinski definition) is 8. The topological polar surface area (TPSA) is 83.9 Å². The summed E-state index contributed by atoms with van der Waals surface area (Å²) in [6.07, 6.45) is 3.80. The summed E-state index contributed by atoms with van der Waals surface area (Å²) in [6.45, 7) is 9.50. The van der Waals surface area contributed by atoms with E-state index in [1.165, 1.54) is 11.3 Å². The Hall–Kier alpha value is -2.39. The average molecular weight is 443 g/mol. The molecule has 0 unspecified atom stereocenters. The Morgan fingerprint density at radius 2 is 2.10 bits per heavy atom. The molecule has 0 bridgehead atoms. The number of piperidine rings is 1. The van der Waals surface area contributed by atoms with Crippen molar-refractivity contribution in [3.63, 3.8) is 0 Å². The lowest BCUT2D eigenvalue weighted by Crippen LogP contribution is -2.39. The van der Waals surface area contributed by atoms with Crippen molar-refractivity contribution in [2.24, 2.45) is 0 Å². The number of thiazole rings is 2. The van der Waals surface area contributed by atoms with Crippen LogP contribution in [0.5, 0.6) is 0 Å². The van der Waals surface area contributed by atoms with Crippen LogP contribution in [0.3, 0.4) is 0 Å². The fraction of sp³-hybridized carbons (Fsp3) is 0.476. The van der Waals surface area contributed by atoms with Crippen LogP contribution >= 0.6 is 22.7 Å². The van der Waals surface area contributed by atoms with E-state index in [4.69, 9.17) is 9.97 Å². The number of nitrogens with one attached hydrogen (secondary N) is 1. The molecule has 4 heterocycles. The summed E-state index contributed by atoms with van der Waals surface area (Å²) in [7, 11) is 0. The zero-order valence-electron chi connectivity index (χ0n) is 17.7. The van der Waals surface area contributed by atoms with Crippen molar-refractivity contribution < 1.29 is 4.79 Å². The number of aromatic nitrogens is 4. The molecule has 158 valence electrons. The highest BCUT2D eigenvalue weighted by molar-refractivity contribution is 7.15. The molecule has 1 fully saturated rings. The molecule has 0 radical (unpaired) electrons. The first-order chi connectivity index (χ1) is 14.4. The van der Waals surface area contributed by atoms with E-state index >= 15 is 0 Å². The van der Waals surface area contributed by atoms with Crippen LogP contribution in [0.1, 0.15) is 58.7 Å². The SMILES string of the molecule is Cc1ncc(-c2nc(NC(C)C)cc([C@H]3CCCN(C(=O)c4scnc4C)C3)n2)s1. The fourth-order valence-corrected chi connectivity index (χ4v) is 5.15. The van der Waals surface area contributed by atoms with Crippen LogP contribution in [0.25, 0.3) is 10.7 Å². The van der Waals surface area contributed by atoms with E-state index in [-0.39, 0.29) is 17.9 Å². The number of nitrogens with zero attached hydrogens (tertiary/aromatic N) is 5. The van der Waals surface area contributed by atoms with Gasteiger partial charge in [-0.3, -0.25) is 4.79 Å². The third-order valence-corrected chi connectivity index (χ3v) is 6.92. The summed E-state index contributed by atoms with van der Waals surface area (Å²) in [4.78, 5) is 34.9. The Balaban J connectivity index is 1.63. The van der Waals surface area contributed by atoms with Crippen molar-refractivity contribution in [3.05, 3.63) is 39.0 Å². The largest absolute Gasteiger partial charge is 0.368 e. The van der Waals surface area contributed by atoms with Crippen molar-refractivity contribution in [2.75, 3.05) is 18.4 Å². The molecule has 0 aliphatic carbocycles. The van der Waals surface area contributed by atoms with E-state index in [2.05, 4.69) is 29.1 Å². The van der Waals surface area contributed by atoms with Gasteiger partial charge in [-0.25, -0.2) is 19.9 Å². The van der Waals surface area contributed by atoms with E-state index in [0.29, 0.717) is 12.4 Å². The average Bonchev–Trinajstić information content (AvgIpc) is 3.35. The second-order valence-corrected chi connectivity index (χ2v) is 9.99. The second kappa shape index (κ2) is 8.77. The molecule has 30 heavy (non-hydrogen) atoms. The summed E-state index contributed by atoms with van der Waals surface area (Å²) >= 11 is 3.01. The summed E-state index contributed by atoms with van der Waals surface area (Å²) in [5, 5.41) is 4.40. The Labute approximate surface area is 184 Å². The molecule has 1 aliphatic rings. The highest BCUT2D eigenvalue weighted by Crippen LogP contribution is 2.31. The minimum Gasteiger partial charge on any atom is -0.368 e. The third-order valence-electron chi connectivity index (χ3n) is 5.09. The number of carbonyl (C=O) groups excluding carboxylic acids is 1. The molecule has 1 saturated heterocycles. The molecule has 1 amide bonds. The number of anilines is 1. The van der Waals surface area contributed by atoms with Crippen molar-refractivity contribution in [1.82, 2.24) is 24.8 Å². The molecule has 3 aromatic rings. The Morgan fingerprint density at radius 3 is 2.77 bits per heavy atom. The third kappa shape index (κ3) is 4.52. The molecule has 0 saturated carbocycles. The van der Waals surface area contributed by atoms with Crippen LogP contribution in [0, 0.1) is 13.8 Å². The number of aryl methyl sites for hydroxylation is 2. The lowest BCUT2D eigenvalue weighted by Gasteiger charge is -2.32. The molecule has 1 atom stereocenters. The first-order valence-electron chi connectivity index (χ1n) is 10.2. The maximum atomic E-state index is 13.0. The van der Waals surface area contributed by atoms with E-state index in [1.54, 1.807) is 16.8 Å². The van der Waals surface area contributed by atoms with E-state index < -0.39 is 0 Å². The van der Waals surface area contributed by atoms with E-state index in [9.17, 15) is 4.79 Å². The molecule has 0 aromatic carbocycles. The smallest absolute Gasteiger partial charge is 0.265 e. The Morgan fingerprint density at radius 1 is 1.27 bits per heavy atom. The molecule has 3 aromatic heterocycles. The minimum absolute atomic E-state index is 0.0765. The predicted molar refractivity (Wildman–Crippen MR) is 121 cm³/mol. The van der Waals surface area contributed by atoms with Crippen LogP contribution in [-0.4, -0.2) is 49.9 Å². The number of rotatable bonds is 5. The van der Waals surface area contributed by atoms with Gasteiger partial charge < -0.3 is 10.2 Å². The van der Waals surface area contributed by atoms with Crippen molar-refractivity contribution >= 4 is 34.4 Å². The van der Waals surface area contributed by atoms with Crippen molar-refractivity contribution in [1.29, 1.82) is 0 Å². The van der Waals surface area contributed by atoms with Crippen molar-refractivity contribution in [2.45, 2.75) is 52.5 Å². The maximum absolute atomic E-state index is 13.0. The molecule has 9 heteroatoms. The first kappa shape index (κ1) is 20.9. The van der Waals surface area contributed by atoms with Gasteiger partial charge in [0.1, 0.15) is 10.7 Å². The monoisotopic (exact) mass is 442 g/mol. The maximum Gasteiger partial charge on any atom is 0.265 e. The summed E-state index contributed by atoms with van der Waals surface area (Å²) in [6, 6.07) is 2.30. The summed E-state index contributed by atoms with van der Waals surface area (Å²) in [5.74, 6) is 1.77. The van der Waals surface area contributed by atoms with E-state index in [0.717, 1.165) is 51.4 Å². The quantitative estimate of drug-likeness (QED) is 0.626. The standard InChI is InChI=1S/C21H26N6OS2/c1-12(2)24-18-8-16(25-20(26-18)17-9-22-14(4)30-17)15-6-5-7-27(10-15)21(28)19-13(3)23-11-29-19/h8-9,11-12,15H,5-7,10H2,1-4H3,(H,24,25,26)/t15-/m0/s1. The van der Waals surface area contributed by atoms with Crippen LogP contribution in [0.2, 0.25) is 0 Å². The van der Waals surface area contributed by atoms with Gasteiger partial charge in [0.2, 0.25) is 0 Å². The zero-order chi connectivity index (χ0) is 21.3. The molecule has 4 rings (SSSR count). The van der Waals surface area contributed by atoms with Crippen LogP contribution < -0.4 is 5.32 Å². The van der Waals surface area contributed by atoms with Gasteiger partial charge in [0.15, 0.2) is 5.82 Å². The Bertz CT molecular complexity index is 1040. The lowest BCUT2D eigenvalue weighted by atomic mass is 9.94. The molecular weight excluding hydrogens is 416 g/mol. The van der Waals surface area contributed by atoms with Gasteiger partial charge in [-0.2, -0.15) is 0 Å². The van der Waals surface area contributed by atoms with Gasteiger partial charge in [0.05, 0.1) is 26.8 Å². The highest BCUT2D eigenvalue weighted by Gasteiger charge is 2.28. The zero-order valence-corrected chi connectivity index (χ0v) is 19.3. The first-order valence-corrected chi connectivity index (χ1v) is 11.9. The summed E-state index contributed by atoms with van der Waals surface area (Å²) in [5.41, 5.74) is 3.52. The lowest BCUT2D eigenvalue weighted by molar-refractivity contribution is 0.0710. The predicted octanol–water partition coefficient (Wildman–Crippen LogP) is 4.51. The van der Waals surface area contributed by atoms with Gasteiger partial charge in [-0.1, -0.05) is 0 Å². The van der Waals surface area contributed by atoms with Gasteiger partial charge >= 0.3 is 0 Å². The number of hydrogen-bond donors (Lipinski definition) is 1. The van der Waals surface area contributed by atoms with Gasteiger partial charge in [-0.05, 0) is 40.5 Å². The minimum atomic E-state index is 0.0765. The molecule has 1 aliphatic heterocycles. The van der Waals surface area contributed by atoms with E-state index in [1.807, 2.05) is 31.0 Å². The van der Waals surface area contributed by atoms with Crippen LogP contribution in [0.4, 0.5) is 5.82 Å². The highest BCUT2D eigenvalue weighted by atomic mass is 32.1. The molecule has 7 nitrogen and oxygen atoms in total. The fourth-order valence-electron chi connectivity index (χ4n) is 3.67. The van der Waals surface area contributed by atoms with Gasteiger partial charge in [0.25, 0.3) is 5.91 Å². The molecular formula is C21H26N6OS2. The van der Waals surface area contributed by atoms with Crippen LogP contribution in [0.15, 0.2) is 17.8 Å². The molecule has 0 spiro atoms. The van der Waals surface area contributed by atoms with Crippen molar-refractivity contribution in [3.8, 4) is 10.7 Å². The van der Waals surface area contributed by atoms with Gasteiger partial charge in [0, 0.05) is 37.3 Å².